The van der Waals surface area contributed by atoms with Gasteiger partial charge in [0.15, 0.2) is 0 Å². The molecule has 0 atom stereocenters. The van der Waals surface area contributed by atoms with Crippen LogP contribution in [0.4, 0.5) is 0 Å². The Bertz CT molecular complexity index is 234. The molecule has 0 aromatic carbocycles. The van der Waals surface area contributed by atoms with Crippen LogP contribution in [0.25, 0.3) is 0 Å². The summed E-state index contributed by atoms with van der Waals surface area (Å²) in [4.78, 5) is 11.4. The fourth-order valence-corrected chi connectivity index (χ4v) is 2.27. The van der Waals surface area contributed by atoms with E-state index in [0.29, 0.717) is 12.2 Å². The van der Waals surface area contributed by atoms with Crippen LogP contribution in [0, 0.1) is 0 Å². The second-order valence-corrected chi connectivity index (χ2v) is 6.52. The molecule has 0 heterocycles. The van der Waals surface area contributed by atoms with Gasteiger partial charge in [0.2, 0.25) is 0 Å². The minimum atomic E-state index is -2.33. The van der Waals surface area contributed by atoms with Gasteiger partial charge in [0.05, 0.1) is 6.61 Å². The fraction of sp³-hybridized carbons (Fsp3) is 0.700. The first kappa shape index (κ1) is 14.3. The third-order valence-electron chi connectivity index (χ3n) is 2.05. The van der Waals surface area contributed by atoms with Crippen LogP contribution in [0.1, 0.15) is 20.3 Å². The number of ether oxygens (including phenoxy) is 1. The van der Waals surface area contributed by atoms with Crippen molar-refractivity contribution in [2.24, 2.45) is 0 Å². The second kappa shape index (κ2) is 6.76. The molecule has 0 aromatic rings. The van der Waals surface area contributed by atoms with Gasteiger partial charge in [0, 0.05) is 19.8 Å². The van der Waals surface area contributed by atoms with Gasteiger partial charge in [-0.25, -0.2) is 4.79 Å². The molecule has 0 unspecified atom stereocenters. The molecule has 0 fully saturated rings. The Hall–Kier alpha value is -0.653. The summed E-state index contributed by atoms with van der Waals surface area (Å²) in [7, 11) is 0.835. The van der Waals surface area contributed by atoms with Crippen LogP contribution in [0.3, 0.4) is 0 Å². The minimum absolute atomic E-state index is 0.301. The maximum Gasteiger partial charge on any atom is 0.361 e. The highest BCUT2D eigenvalue weighted by Gasteiger charge is 2.27. The van der Waals surface area contributed by atoms with E-state index in [0.717, 1.165) is 6.42 Å². The summed E-state index contributed by atoms with van der Waals surface area (Å²) in [6.07, 6.45) is 0.822. The fourth-order valence-electron chi connectivity index (χ4n) is 0.962. The van der Waals surface area contributed by atoms with Crippen LogP contribution in [-0.4, -0.2) is 35.4 Å². The first-order valence-electron chi connectivity index (χ1n) is 4.96. The molecular weight excluding hydrogens is 212 g/mol. The second-order valence-electron chi connectivity index (χ2n) is 3.39. The zero-order valence-electron chi connectivity index (χ0n) is 10.1. The largest absolute Gasteiger partial charge is 0.462 e. The van der Waals surface area contributed by atoms with E-state index in [-0.39, 0.29) is 5.97 Å². The topological polar surface area (TPSA) is 44.8 Å². The SMILES string of the molecule is CCCOC(=O)C(C)=C[Si](C)(OC)OC. The molecule has 0 N–H and O–H groups in total. The molecule has 0 rings (SSSR count). The predicted molar refractivity (Wildman–Crippen MR) is 60.6 cm³/mol. The first-order chi connectivity index (χ1) is 6.99. The molecule has 0 aliphatic carbocycles. The Balaban J connectivity index is 4.46. The van der Waals surface area contributed by atoms with E-state index in [1.165, 1.54) is 0 Å². The van der Waals surface area contributed by atoms with E-state index in [4.69, 9.17) is 13.6 Å². The van der Waals surface area contributed by atoms with E-state index < -0.39 is 8.56 Å². The van der Waals surface area contributed by atoms with Crippen LogP contribution >= 0.6 is 0 Å². The van der Waals surface area contributed by atoms with Gasteiger partial charge in [-0.3, -0.25) is 0 Å². The van der Waals surface area contributed by atoms with Crippen molar-refractivity contribution in [3.63, 3.8) is 0 Å². The summed E-state index contributed by atoms with van der Waals surface area (Å²) in [6.45, 7) is 5.97. The van der Waals surface area contributed by atoms with E-state index >= 15 is 0 Å². The molecule has 5 heteroatoms. The number of rotatable bonds is 6. The minimum Gasteiger partial charge on any atom is -0.462 e. The van der Waals surface area contributed by atoms with Gasteiger partial charge in [0.1, 0.15) is 0 Å². The lowest BCUT2D eigenvalue weighted by molar-refractivity contribution is -0.138. The Kier molecular flexibility index (Phi) is 6.47. The summed E-state index contributed by atoms with van der Waals surface area (Å²) in [6, 6.07) is 0. The van der Waals surface area contributed by atoms with E-state index in [1.54, 1.807) is 26.8 Å². The molecule has 0 aromatic heterocycles. The highest BCUT2D eigenvalue weighted by atomic mass is 28.4. The molecule has 0 saturated carbocycles. The monoisotopic (exact) mass is 232 g/mol. The van der Waals surface area contributed by atoms with Crippen molar-refractivity contribution >= 4 is 14.5 Å². The summed E-state index contributed by atoms with van der Waals surface area (Å²) >= 11 is 0. The Labute approximate surface area is 92.5 Å². The average molecular weight is 232 g/mol. The lowest BCUT2D eigenvalue weighted by atomic mass is 10.4. The summed E-state index contributed by atoms with van der Waals surface area (Å²) in [5.41, 5.74) is 2.28. The Morgan fingerprint density at radius 1 is 1.33 bits per heavy atom. The molecule has 0 aliphatic rings. The highest BCUT2D eigenvalue weighted by molar-refractivity contribution is 6.71. The van der Waals surface area contributed by atoms with Crippen LogP contribution in [0.5, 0.6) is 0 Å². The standard InChI is InChI=1S/C10H20O4Si/c1-6-7-14-10(11)9(2)8-15(5,12-3)13-4/h8H,6-7H2,1-5H3. The van der Waals surface area contributed by atoms with Crippen molar-refractivity contribution in [1.82, 2.24) is 0 Å². The van der Waals surface area contributed by atoms with Crippen molar-refractivity contribution < 1.29 is 18.4 Å². The van der Waals surface area contributed by atoms with Gasteiger partial charge in [-0.05, 0) is 25.6 Å². The number of hydrogen-bond acceptors (Lipinski definition) is 4. The summed E-state index contributed by atoms with van der Waals surface area (Å²) in [5.74, 6) is -0.301. The summed E-state index contributed by atoms with van der Waals surface area (Å²) in [5, 5.41) is 0. The first-order valence-corrected chi connectivity index (χ1v) is 7.35. The number of carbonyl (C=O) groups excluding carboxylic acids is 1. The van der Waals surface area contributed by atoms with E-state index in [9.17, 15) is 4.79 Å². The third-order valence-corrected chi connectivity index (χ3v) is 4.63. The van der Waals surface area contributed by atoms with Crippen molar-refractivity contribution in [2.45, 2.75) is 26.8 Å². The molecule has 88 valence electrons. The Morgan fingerprint density at radius 3 is 2.27 bits per heavy atom. The average Bonchev–Trinajstić information content (AvgIpc) is 2.25. The molecule has 0 spiro atoms. The highest BCUT2D eigenvalue weighted by Crippen LogP contribution is 2.10. The zero-order valence-corrected chi connectivity index (χ0v) is 11.1. The van der Waals surface area contributed by atoms with Crippen molar-refractivity contribution in [1.29, 1.82) is 0 Å². The van der Waals surface area contributed by atoms with Crippen LogP contribution in [0.2, 0.25) is 6.55 Å². The van der Waals surface area contributed by atoms with Crippen molar-refractivity contribution in [3.8, 4) is 0 Å². The molecule has 15 heavy (non-hydrogen) atoms. The Morgan fingerprint density at radius 2 is 1.87 bits per heavy atom. The number of hydrogen-bond donors (Lipinski definition) is 0. The van der Waals surface area contributed by atoms with Gasteiger partial charge in [-0.15, -0.1) is 0 Å². The molecule has 0 saturated heterocycles. The van der Waals surface area contributed by atoms with Gasteiger partial charge < -0.3 is 13.6 Å². The number of esters is 1. The maximum atomic E-state index is 11.4. The van der Waals surface area contributed by atoms with E-state index in [2.05, 4.69) is 0 Å². The maximum absolute atomic E-state index is 11.4. The van der Waals surface area contributed by atoms with Gasteiger partial charge >= 0.3 is 14.5 Å². The lowest BCUT2D eigenvalue weighted by Crippen LogP contribution is -2.35. The van der Waals surface area contributed by atoms with Crippen LogP contribution < -0.4 is 0 Å². The molecular formula is C10H20O4Si. The normalized spacial score (nSPS) is 12.7. The van der Waals surface area contributed by atoms with Crippen LogP contribution in [-0.2, 0) is 18.4 Å². The third kappa shape index (κ3) is 5.11. The molecule has 0 radical (unpaired) electrons. The molecule has 0 bridgehead atoms. The summed E-state index contributed by atoms with van der Waals surface area (Å²) < 4.78 is 15.5. The zero-order chi connectivity index (χ0) is 11.9. The van der Waals surface area contributed by atoms with Crippen molar-refractivity contribution in [2.75, 3.05) is 20.8 Å². The molecule has 0 amide bonds. The van der Waals surface area contributed by atoms with Gasteiger partial charge in [0.25, 0.3) is 0 Å². The molecule has 0 aliphatic heterocycles. The predicted octanol–water partition coefficient (Wildman–Crippen LogP) is 1.79. The smallest absolute Gasteiger partial charge is 0.361 e. The van der Waals surface area contributed by atoms with Gasteiger partial charge in [-0.1, -0.05) is 6.92 Å². The quantitative estimate of drug-likeness (QED) is 0.398. The van der Waals surface area contributed by atoms with E-state index in [1.807, 2.05) is 13.5 Å². The van der Waals surface area contributed by atoms with Crippen molar-refractivity contribution in [3.05, 3.63) is 11.3 Å². The van der Waals surface area contributed by atoms with Crippen LogP contribution in [0.15, 0.2) is 11.3 Å². The molecule has 4 nitrogen and oxygen atoms in total. The lowest BCUT2D eigenvalue weighted by Gasteiger charge is -2.19. The number of carbonyl (C=O) groups is 1. The van der Waals surface area contributed by atoms with Gasteiger partial charge in [-0.2, -0.15) is 0 Å².